The first-order valence-electron chi connectivity index (χ1n) is 7.25. The fourth-order valence-electron chi connectivity index (χ4n) is 2.42. The van der Waals surface area contributed by atoms with Crippen LogP contribution in [0.15, 0.2) is 41.5 Å². The van der Waals surface area contributed by atoms with Crippen molar-refractivity contribution in [3.8, 4) is 11.3 Å². The van der Waals surface area contributed by atoms with Crippen molar-refractivity contribution in [2.75, 3.05) is 13.2 Å². The summed E-state index contributed by atoms with van der Waals surface area (Å²) in [5.74, 6) is -0.450. The van der Waals surface area contributed by atoms with E-state index < -0.39 is 5.91 Å². The Kier molecular flexibility index (Phi) is 4.37. The van der Waals surface area contributed by atoms with Gasteiger partial charge in [0.1, 0.15) is 5.69 Å². The third kappa shape index (κ3) is 2.79. The number of nitrogens with zero attached hydrogens (tertiary/aromatic N) is 3. The number of halogens is 1. The maximum atomic E-state index is 12.5. The van der Waals surface area contributed by atoms with Crippen LogP contribution in [0.2, 0.25) is 5.02 Å². The number of aliphatic hydroxyl groups is 1. The lowest BCUT2D eigenvalue weighted by Gasteiger charge is -2.10. The smallest absolute Gasteiger partial charge is 0.294 e. The van der Waals surface area contributed by atoms with E-state index in [9.17, 15) is 9.59 Å². The molecule has 8 heteroatoms. The molecule has 0 atom stereocenters. The van der Waals surface area contributed by atoms with Crippen LogP contribution in [0, 0.1) is 0 Å². The maximum Gasteiger partial charge on any atom is 0.294 e. The average Bonchev–Trinajstić information content (AvgIpc) is 3.01. The number of aliphatic hydroxyl groups excluding tert-OH is 1. The van der Waals surface area contributed by atoms with Crippen LogP contribution in [0.4, 0.5) is 0 Å². The molecule has 0 aliphatic carbocycles. The molecule has 1 amide bonds. The van der Waals surface area contributed by atoms with Crippen molar-refractivity contribution in [3.63, 3.8) is 0 Å². The predicted molar refractivity (Wildman–Crippen MR) is 90.3 cm³/mol. The standard InChI is InChI=1S/C16H15ClN4O3/c1-20-13(10-4-2-3-5-11(10)17)9-21-8-12(15(23)18-6-7-22)19-14(21)16(20)24/h2-5,8-9,22H,6-7H2,1H3,(H,18,23). The molecule has 124 valence electrons. The van der Waals surface area contributed by atoms with Gasteiger partial charge in [0, 0.05) is 36.6 Å². The van der Waals surface area contributed by atoms with Crippen LogP contribution in [-0.4, -0.2) is 38.1 Å². The molecule has 0 saturated heterocycles. The van der Waals surface area contributed by atoms with E-state index in [4.69, 9.17) is 16.7 Å². The molecule has 3 aromatic rings. The number of imidazole rings is 1. The molecule has 2 heterocycles. The van der Waals surface area contributed by atoms with Gasteiger partial charge < -0.3 is 15.0 Å². The molecule has 24 heavy (non-hydrogen) atoms. The number of rotatable bonds is 4. The van der Waals surface area contributed by atoms with Crippen LogP contribution in [0.3, 0.4) is 0 Å². The summed E-state index contributed by atoms with van der Waals surface area (Å²) in [5.41, 5.74) is 1.23. The molecule has 0 aliphatic heterocycles. The Labute approximate surface area is 142 Å². The van der Waals surface area contributed by atoms with Gasteiger partial charge >= 0.3 is 0 Å². The summed E-state index contributed by atoms with van der Waals surface area (Å²) in [6.07, 6.45) is 3.18. The number of nitrogens with one attached hydrogen (secondary N) is 1. The number of amides is 1. The molecule has 2 N–H and O–H groups in total. The van der Waals surface area contributed by atoms with Crippen molar-refractivity contribution < 1.29 is 9.90 Å². The van der Waals surface area contributed by atoms with Crippen LogP contribution in [0.5, 0.6) is 0 Å². The first-order chi connectivity index (χ1) is 11.5. The Morgan fingerprint density at radius 1 is 1.33 bits per heavy atom. The summed E-state index contributed by atoms with van der Waals surface area (Å²) in [6.45, 7) is -0.0485. The molecule has 7 nitrogen and oxygen atoms in total. The molecule has 2 aromatic heterocycles. The van der Waals surface area contributed by atoms with Crippen LogP contribution in [-0.2, 0) is 7.05 Å². The quantitative estimate of drug-likeness (QED) is 0.739. The Hall–Kier alpha value is -2.64. The third-order valence-corrected chi connectivity index (χ3v) is 3.96. The highest BCUT2D eigenvalue weighted by Crippen LogP contribution is 2.26. The lowest BCUT2D eigenvalue weighted by Crippen LogP contribution is -2.26. The van der Waals surface area contributed by atoms with Gasteiger partial charge in [-0.05, 0) is 6.07 Å². The first-order valence-corrected chi connectivity index (χ1v) is 7.63. The van der Waals surface area contributed by atoms with Crippen molar-refractivity contribution >= 4 is 23.2 Å². The van der Waals surface area contributed by atoms with Crippen molar-refractivity contribution in [2.45, 2.75) is 0 Å². The third-order valence-electron chi connectivity index (χ3n) is 3.63. The molecule has 0 bridgehead atoms. The monoisotopic (exact) mass is 346 g/mol. The van der Waals surface area contributed by atoms with E-state index in [2.05, 4.69) is 10.3 Å². The number of carbonyl (C=O) groups is 1. The zero-order valence-corrected chi connectivity index (χ0v) is 13.6. The molecule has 0 fully saturated rings. The molecule has 1 aromatic carbocycles. The first kappa shape index (κ1) is 16.2. The zero-order valence-electron chi connectivity index (χ0n) is 12.9. The molecule has 0 unspecified atom stereocenters. The highest BCUT2D eigenvalue weighted by Gasteiger charge is 2.16. The fourth-order valence-corrected chi connectivity index (χ4v) is 2.65. The highest BCUT2D eigenvalue weighted by atomic mass is 35.5. The van der Waals surface area contributed by atoms with Gasteiger partial charge in [0.2, 0.25) is 5.65 Å². The van der Waals surface area contributed by atoms with E-state index in [-0.39, 0.29) is 30.1 Å². The lowest BCUT2D eigenvalue weighted by molar-refractivity contribution is 0.0940. The van der Waals surface area contributed by atoms with E-state index in [1.807, 2.05) is 18.2 Å². The normalized spacial score (nSPS) is 11.0. The molecule has 0 saturated carbocycles. The molecule has 0 radical (unpaired) electrons. The second-order valence-electron chi connectivity index (χ2n) is 5.19. The van der Waals surface area contributed by atoms with Crippen molar-refractivity contribution in [2.24, 2.45) is 7.05 Å². The highest BCUT2D eigenvalue weighted by molar-refractivity contribution is 6.33. The summed E-state index contributed by atoms with van der Waals surface area (Å²) in [7, 11) is 1.63. The fraction of sp³-hybridized carbons (Fsp3) is 0.188. The van der Waals surface area contributed by atoms with Crippen LogP contribution in [0.25, 0.3) is 16.9 Å². The number of hydrogen-bond donors (Lipinski definition) is 2. The molecular weight excluding hydrogens is 332 g/mol. The second kappa shape index (κ2) is 6.46. The Bertz CT molecular complexity index is 977. The van der Waals surface area contributed by atoms with Gasteiger partial charge in [0.05, 0.1) is 12.3 Å². The summed E-state index contributed by atoms with van der Waals surface area (Å²) < 4.78 is 2.95. The number of carbonyl (C=O) groups excluding carboxylic acids is 1. The largest absolute Gasteiger partial charge is 0.395 e. The van der Waals surface area contributed by atoms with Gasteiger partial charge in [-0.15, -0.1) is 0 Å². The average molecular weight is 347 g/mol. The Morgan fingerprint density at radius 2 is 2.08 bits per heavy atom. The van der Waals surface area contributed by atoms with Crippen molar-refractivity contribution in [1.29, 1.82) is 0 Å². The number of aromatic nitrogens is 3. The van der Waals surface area contributed by atoms with E-state index in [0.717, 1.165) is 0 Å². The van der Waals surface area contributed by atoms with Gasteiger partial charge in [-0.1, -0.05) is 29.8 Å². The summed E-state index contributed by atoms with van der Waals surface area (Å²) in [5, 5.41) is 11.8. The minimum Gasteiger partial charge on any atom is -0.395 e. The number of fused-ring (bicyclic) bond motifs is 1. The second-order valence-corrected chi connectivity index (χ2v) is 5.60. The van der Waals surface area contributed by atoms with Gasteiger partial charge in [-0.25, -0.2) is 4.98 Å². The minimum absolute atomic E-state index is 0.108. The maximum absolute atomic E-state index is 12.5. The SMILES string of the molecule is Cn1c(-c2ccccc2Cl)cn2cc(C(=O)NCCO)nc2c1=O. The van der Waals surface area contributed by atoms with E-state index >= 15 is 0 Å². The lowest BCUT2D eigenvalue weighted by atomic mass is 10.1. The zero-order chi connectivity index (χ0) is 17.3. The van der Waals surface area contributed by atoms with Gasteiger partial charge in [0.15, 0.2) is 0 Å². The molecule has 0 aliphatic rings. The summed E-state index contributed by atoms with van der Waals surface area (Å²) >= 11 is 6.22. The molecule has 3 rings (SSSR count). The summed E-state index contributed by atoms with van der Waals surface area (Å²) in [6, 6.07) is 7.20. The van der Waals surface area contributed by atoms with Crippen LogP contribution >= 0.6 is 11.6 Å². The number of hydrogen-bond acceptors (Lipinski definition) is 4. The van der Waals surface area contributed by atoms with Gasteiger partial charge in [-0.3, -0.25) is 14.0 Å². The molecule has 0 spiro atoms. The van der Waals surface area contributed by atoms with E-state index in [0.29, 0.717) is 16.3 Å². The van der Waals surface area contributed by atoms with Crippen LogP contribution in [0.1, 0.15) is 10.5 Å². The Morgan fingerprint density at radius 3 is 2.79 bits per heavy atom. The van der Waals surface area contributed by atoms with E-state index in [1.54, 1.807) is 19.3 Å². The van der Waals surface area contributed by atoms with Crippen molar-refractivity contribution in [3.05, 3.63) is 57.7 Å². The van der Waals surface area contributed by atoms with E-state index in [1.165, 1.54) is 15.2 Å². The summed E-state index contributed by atoms with van der Waals surface area (Å²) in [4.78, 5) is 28.6. The van der Waals surface area contributed by atoms with Gasteiger partial charge in [0.25, 0.3) is 11.5 Å². The Balaban J connectivity index is 2.15. The number of benzene rings is 1. The molecular formula is C16H15ClN4O3. The van der Waals surface area contributed by atoms with Gasteiger partial charge in [-0.2, -0.15) is 0 Å². The minimum atomic E-state index is -0.450. The van der Waals surface area contributed by atoms with Crippen LogP contribution < -0.4 is 10.9 Å². The van der Waals surface area contributed by atoms with Crippen molar-refractivity contribution in [1.82, 2.24) is 19.3 Å². The predicted octanol–water partition coefficient (Wildman–Crippen LogP) is 1.08. The topological polar surface area (TPSA) is 88.6 Å².